The van der Waals surface area contributed by atoms with E-state index in [0.29, 0.717) is 28.5 Å². The first-order valence-electron chi connectivity index (χ1n) is 5.92. The molecule has 0 aromatic heterocycles. The highest BCUT2D eigenvalue weighted by molar-refractivity contribution is 6.36. The Morgan fingerprint density at radius 3 is 2.32 bits per heavy atom. The Morgan fingerprint density at radius 2 is 1.84 bits per heavy atom. The van der Waals surface area contributed by atoms with E-state index in [0.717, 1.165) is 0 Å². The van der Waals surface area contributed by atoms with Crippen molar-refractivity contribution in [1.82, 2.24) is 5.32 Å². The van der Waals surface area contributed by atoms with Gasteiger partial charge in [0.1, 0.15) is 0 Å². The third-order valence-electron chi connectivity index (χ3n) is 3.25. The van der Waals surface area contributed by atoms with E-state index in [4.69, 9.17) is 28.3 Å². The van der Waals surface area contributed by atoms with Gasteiger partial charge in [-0.15, -0.1) is 0 Å². The minimum atomic E-state index is -0.944. The SMILES string of the molecule is O=C(O)CCNC(=O)C1(c2c(Cl)cccc2Cl)CC1. The fourth-order valence-electron chi connectivity index (χ4n) is 2.12. The highest BCUT2D eigenvalue weighted by Crippen LogP contribution is 2.53. The van der Waals surface area contributed by atoms with Crippen LogP contribution in [0.1, 0.15) is 24.8 Å². The average Bonchev–Trinajstić information content (AvgIpc) is 3.09. The molecular formula is C13H13Cl2NO3. The monoisotopic (exact) mass is 301 g/mol. The van der Waals surface area contributed by atoms with Gasteiger partial charge in [-0.3, -0.25) is 9.59 Å². The lowest BCUT2D eigenvalue weighted by Crippen LogP contribution is -2.36. The average molecular weight is 302 g/mol. The summed E-state index contributed by atoms with van der Waals surface area (Å²) in [6, 6.07) is 5.13. The highest BCUT2D eigenvalue weighted by Gasteiger charge is 2.53. The molecule has 2 N–H and O–H groups in total. The van der Waals surface area contributed by atoms with Crippen molar-refractivity contribution < 1.29 is 14.7 Å². The van der Waals surface area contributed by atoms with Crippen molar-refractivity contribution in [3.63, 3.8) is 0 Å². The van der Waals surface area contributed by atoms with E-state index in [1.54, 1.807) is 18.2 Å². The number of benzene rings is 1. The molecule has 0 bridgehead atoms. The fraction of sp³-hybridized carbons (Fsp3) is 0.385. The van der Waals surface area contributed by atoms with Crippen LogP contribution in [-0.4, -0.2) is 23.5 Å². The number of carbonyl (C=O) groups is 2. The highest BCUT2D eigenvalue weighted by atomic mass is 35.5. The fourth-order valence-corrected chi connectivity index (χ4v) is 2.88. The molecule has 0 heterocycles. The van der Waals surface area contributed by atoms with Gasteiger partial charge in [0.2, 0.25) is 5.91 Å². The van der Waals surface area contributed by atoms with Gasteiger partial charge >= 0.3 is 5.97 Å². The third kappa shape index (κ3) is 2.85. The summed E-state index contributed by atoms with van der Waals surface area (Å²) in [6.45, 7) is 0.109. The van der Waals surface area contributed by atoms with Crippen LogP contribution in [0.5, 0.6) is 0 Å². The maximum absolute atomic E-state index is 12.2. The number of rotatable bonds is 5. The summed E-state index contributed by atoms with van der Waals surface area (Å²) in [5, 5.41) is 12.1. The van der Waals surface area contributed by atoms with Crippen LogP contribution in [0, 0.1) is 0 Å². The molecule has 0 unspecified atom stereocenters. The van der Waals surface area contributed by atoms with Crippen LogP contribution in [0.25, 0.3) is 0 Å². The number of hydrogen-bond donors (Lipinski definition) is 2. The molecule has 0 saturated heterocycles. The van der Waals surface area contributed by atoms with Crippen LogP contribution in [0.15, 0.2) is 18.2 Å². The summed E-state index contributed by atoms with van der Waals surface area (Å²) in [7, 11) is 0. The molecule has 4 nitrogen and oxygen atoms in total. The summed E-state index contributed by atoms with van der Waals surface area (Å²) in [4.78, 5) is 22.6. The Kier molecular flexibility index (Phi) is 4.02. The van der Waals surface area contributed by atoms with Gasteiger partial charge in [-0.05, 0) is 25.0 Å². The van der Waals surface area contributed by atoms with Crippen molar-refractivity contribution >= 4 is 35.1 Å². The van der Waals surface area contributed by atoms with Crippen molar-refractivity contribution in [3.8, 4) is 0 Å². The minimum Gasteiger partial charge on any atom is -0.481 e. The first-order valence-corrected chi connectivity index (χ1v) is 6.67. The molecule has 0 radical (unpaired) electrons. The van der Waals surface area contributed by atoms with Crippen LogP contribution < -0.4 is 5.32 Å². The number of nitrogens with one attached hydrogen (secondary N) is 1. The Bertz CT molecular complexity index is 506. The molecule has 1 amide bonds. The maximum Gasteiger partial charge on any atom is 0.305 e. The van der Waals surface area contributed by atoms with Crippen molar-refractivity contribution in [2.24, 2.45) is 0 Å². The summed E-state index contributed by atoms with van der Waals surface area (Å²) in [6.07, 6.45) is 1.25. The lowest BCUT2D eigenvalue weighted by molar-refractivity contribution is -0.137. The molecule has 0 aliphatic heterocycles. The maximum atomic E-state index is 12.2. The number of carboxylic acids is 1. The van der Waals surface area contributed by atoms with Gasteiger partial charge < -0.3 is 10.4 Å². The molecule has 6 heteroatoms. The number of halogens is 2. The quantitative estimate of drug-likeness (QED) is 0.878. The van der Waals surface area contributed by atoms with Crippen molar-refractivity contribution in [2.45, 2.75) is 24.7 Å². The predicted octanol–water partition coefficient (Wildman–Crippen LogP) is 2.62. The second-order valence-corrected chi connectivity index (χ2v) is 5.39. The van der Waals surface area contributed by atoms with E-state index in [1.165, 1.54) is 0 Å². The number of amides is 1. The number of carboxylic acid groups (broad SMARTS) is 1. The summed E-state index contributed by atoms with van der Waals surface area (Å²) >= 11 is 12.2. The molecule has 0 atom stereocenters. The van der Waals surface area contributed by atoms with Crippen molar-refractivity contribution in [3.05, 3.63) is 33.8 Å². The molecule has 19 heavy (non-hydrogen) atoms. The van der Waals surface area contributed by atoms with Crippen LogP contribution >= 0.6 is 23.2 Å². The molecular weight excluding hydrogens is 289 g/mol. The number of hydrogen-bond acceptors (Lipinski definition) is 2. The zero-order valence-electron chi connectivity index (χ0n) is 10.1. The molecule has 1 saturated carbocycles. The van der Waals surface area contributed by atoms with Gasteiger partial charge in [0, 0.05) is 22.2 Å². The smallest absolute Gasteiger partial charge is 0.305 e. The standard InChI is InChI=1S/C13H13Cl2NO3/c14-8-2-1-3-9(15)11(8)13(5-6-13)12(19)16-7-4-10(17)18/h1-3H,4-7H2,(H,16,19)(H,17,18). The number of carbonyl (C=O) groups excluding carboxylic acids is 1. The van der Waals surface area contributed by atoms with Crippen LogP contribution in [0.3, 0.4) is 0 Å². The molecule has 2 rings (SSSR count). The van der Waals surface area contributed by atoms with E-state index in [-0.39, 0.29) is 18.9 Å². The van der Waals surface area contributed by atoms with E-state index < -0.39 is 11.4 Å². The second kappa shape index (κ2) is 5.39. The Balaban J connectivity index is 2.14. The Morgan fingerprint density at radius 1 is 1.26 bits per heavy atom. The zero-order valence-corrected chi connectivity index (χ0v) is 11.6. The summed E-state index contributed by atoms with van der Waals surface area (Å²) in [5.74, 6) is -1.15. The van der Waals surface area contributed by atoms with Gasteiger partial charge in [0.25, 0.3) is 0 Å². The van der Waals surface area contributed by atoms with Crippen LogP contribution in [0.2, 0.25) is 10.0 Å². The third-order valence-corrected chi connectivity index (χ3v) is 3.88. The van der Waals surface area contributed by atoms with Crippen LogP contribution in [0.4, 0.5) is 0 Å². The van der Waals surface area contributed by atoms with Crippen LogP contribution in [-0.2, 0) is 15.0 Å². The summed E-state index contributed by atoms with van der Waals surface area (Å²) < 4.78 is 0. The molecule has 1 aromatic carbocycles. The lowest BCUT2D eigenvalue weighted by Gasteiger charge is -2.18. The minimum absolute atomic E-state index is 0.0991. The summed E-state index contributed by atoms with van der Waals surface area (Å²) in [5.41, 5.74) is -0.0420. The molecule has 1 aromatic rings. The van der Waals surface area contributed by atoms with E-state index >= 15 is 0 Å². The van der Waals surface area contributed by atoms with E-state index in [2.05, 4.69) is 5.32 Å². The number of aliphatic carboxylic acids is 1. The topological polar surface area (TPSA) is 66.4 Å². The first kappa shape index (κ1) is 14.2. The predicted molar refractivity (Wildman–Crippen MR) is 72.6 cm³/mol. The van der Waals surface area contributed by atoms with E-state index in [9.17, 15) is 9.59 Å². The van der Waals surface area contributed by atoms with Gasteiger partial charge in [0.15, 0.2) is 0 Å². The zero-order chi connectivity index (χ0) is 14.0. The largest absolute Gasteiger partial charge is 0.481 e. The second-order valence-electron chi connectivity index (χ2n) is 4.58. The van der Waals surface area contributed by atoms with Gasteiger partial charge in [-0.2, -0.15) is 0 Å². The van der Waals surface area contributed by atoms with Gasteiger partial charge in [-0.1, -0.05) is 29.3 Å². The lowest BCUT2D eigenvalue weighted by atomic mass is 9.94. The first-order chi connectivity index (χ1) is 8.97. The van der Waals surface area contributed by atoms with Crippen molar-refractivity contribution in [2.75, 3.05) is 6.54 Å². The molecule has 1 fully saturated rings. The van der Waals surface area contributed by atoms with Gasteiger partial charge in [0.05, 0.1) is 11.8 Å². The Labute approximate surface area is 120 Å². The molecule has 0 spiro atoms. The molecule has 1 aliphatic rings. The Hall–Kier alpha value is -1.26. The normalized spacial score (nSPS) is 15.9. The molecule has 1 aliphatic carbocycles. The molecule has 102 valence electrons. The van der Waals surface area contributed by atoms with Crippen molar-refractivity contribution in [1.29, 1.82) is 0 Å². The van der Waals surface area contributed by atoms with Gasteiger partial charge in [-0.25, -0.2) is 0 Å². The van der Waals surface area contributed by atoms with E-state index in [1.807, 2.05) is 0 Å².